The minimum Gasteiger partial charge on any atom is -0.333 e. The lowest BCUT2D eigenvalue weighted by Crippen LogP contribution is -2.43. The molecule has 0 saturated carbocycles. The van der Waals surface area contributed by atoms with Crippen molar-refractivity contribution in [3.63, 3.8) is 0 Å². The number of aromatic amines is 1. The number of amides is 1. The van der Waals surface area contributed by atoms with Gasteiger partial charge in [0.25, 0.3) is 11.5 Å². The van der Waals surface area contributed by atoms with Crippen LogP contribution in [0.4, 0.5) is 0 Å². The molecule has 22 heavy (non-hydrogen) atoms. The average Bonchev–Trinajstić information content (AvgIpc) is 2.83. The third kappa shape index (κ3) is 2.66. The van der Waals surface area contributed by atoms with Crippen molar-refractivity contribution in [2.75, 3.05) is 6.54 Å². The smallest absolute Gasteiger partial charge is 0.264 e. The fourth-order valence-corrected chi connectivity index (χ4v) is 3.20. The van der Waals surface area contributed by atoms with Crippen LogP contribution in [0.5, 0.6) is 0 Å². The standard InChI is InChI=1S/C17H19N3O2/c1-17(2)9-14(12-6-4-3-5-7-12)11-20(17)16(22)13-8-15(21)19-18-10-13/h3-8,10,14H,9,11H2,1-2H3,(H,19,21). The Balaban J connectivity index is 1.88. The van der Waals surface area contributed by atoms with Gasteiger partial charge in [0.05, 0.1) is 11.8 Å². The van der Waals surface area contributed by atoms with Crippen LogP contribution in [0.2, 0.25) is 0 Å². The maximum Gasteiger partial charge on any atom is 0.264 e. The number of carbonyl (C=O) groups is 1. The molecule has 1 atom stereocenters. The lowest BCUT2D eigenvalue weighted by molar-refractivity contribution is 0.0650. The van der Waals surface area contributed by atoms with Crippen molar-refractivity contribution in [3.05, 3.63) is 64.1 Å². The Morgan fingerprint density at radius 1 is 1.32 bits per heavy atom. The minimum absolute atomic E-state index is 0.137. The molecule has 5 nitrogen and oxygen atoms in total. The van der Waals surface area contributed by atoms with Crippen molar-refractivity contribution in [1.82, 2.24) is 15.1 Å². The zero-order valence-corrected chi connectivity index (χ0v) is 12.7. The zero-order chi connectivity index (χ0) is 15.7. The van der Waals surface area contributed by atoms with Gasteiger partial charge < -0.3 is 4.90 Å². The van der Waals surface area contributed by atoms with E-state index in [9.17, 15) is 9.59 Å². The van der Waals surface area contributed by atoms with Gasteiger partial charge in [-0.3, -0.25) is 9.59 Å². The summed E-state index contributed by atoms with van der Waals surface area (Å²) in [5.41, 5.74) is 0.975. The molecule has 1 unspecified atom stereocenters. The van der Waals surface area contributed by atoms with Gasteiger partial charge in [-0.2, -0.15) is 5.10 Å². The molecule has 1 aromatic heterocycles. The lowest BCUT2D eigenvalue weighted by Gasteiger charge is -2.31. The van der Waals surface area contributed by atoms with Crippen molar-refractivity contribution in [2.24, 2.45) is 0 Å². The Morgan fingerprint density at radius 2 is 2.05 bits per heavy atom. The third-order valence-electron chi connectivity index (χ3n) is 4.31. The summed E-state index contributed by atoms with van der Waals surface area (Å²) >= 11 is 0. The number of rotatable bonds is 2. The highest BCUT2D eigenvalue weighted by molar-refractivity contribution is 5.94. The number of aromatic nitrogens is 2. The molecule has 2 heterocycles. The summed E-state index contributed by atoms with van der Waals surface area (Å²) in [6.45, 7) is 4.78. The van der Waals surface area contributed by atoms with Crippen LogP contribution in [0, 0.1) is 0 Å². The van der Waals surface area contributed by atoms with E-state index < -0.39 is 0 Å². The molecule has 1 saturated heterocycles. The molecule has 1 aliphatic heterocycles. The van der Waals surface area contributed by atoms with Crippen molar-refractivity contribution in [1.29, 1.82) is 0 Å². The largest absolute Gasteiger partial charge is 0.333 e. The lowest BCUT2D eigenvalue weighted by atomic mass is 9.91. The Bertz CT molecular complexity index is 737. The first-order valence-electron chi connectivity index (χ1n) is 7.39. The first kappa shape index (κ1) is 14.5. The third-order valence-corrected chi connectivity index (χ3v) is 4.31. The van der Waals surface area contributed by atoms with Crippen LogP contribution in [0.25, 0.3) is 0 Å². The van der Waals surface area contributed by atoms with Gasteiger partial charge in [0.2, 0.25) is 0 Å². The number of hydrogen-bond donors (Lipinski definition) is 1. The van der Waals surface area contributed by atoms with E-state index in [1.807, 2.05) is 23.1 Å². The molecular formula is C17H19N3O2. The number of likely N-dealkylation sites (tertiary alicyclic amines) is 1. The zero-order valence-electron chi connectivity index (χ0n) is 12.7. The predicted octanol–water partition coefficient (Wildman–Crippen LogP) is 2.18. The molecule has 3 rings (SSSR count). The Morgan fingerprint density at radius 3 is 2.73 bits per heavy atom. The second-order valence-corrected chi connectivity index (χ2v) is 6.37. The Labute approximate surface area is 129 Å². The Hall–Kier alpha value is -2.43. The second-order valence-electron chi connectivity index (χ2n) is 6.37. The molecule has 1 fully saturated rings. The normalized spacial score (nSPS) is 20.1. The number of carbonyl (C=O) groups excluding carboxylic acids is 1. The van der Waals surface area contributed by atoms with E-state index in [0.717, 1.165) is 6.42 Å². The first-order valence-corrected chi connectivity index (χ1v) is 7.39. The molecule has 1 aromatic carbocycles. The molecule has 2 aromatic rings. The van der Waals surface area contributed by atoms with E-state index >= 15 is 0 Å². The van der Waals surface area contributed by atoms with E-state index in [4.69, 9.17) is 0 Å². The molecule has 0 bridgehead atoms. The van der Waals surface area contributed by atoms with Crippen LogP contribution in [-0.2, 0) is 0 Å². The summed E-state index contributed by atoms with van der Waals surface area (Å²) in [5, 5.41) is 6.01. The van der Waals surface area contributed by atoms with Crippen LogP contribution < -0.4 is 5.56 Å². The number of benzene rings is 1. The van der Waals surface area contributed by atoms with Gasteiger partial charge >= 0.3 is 0 Å². The highest BCUT2D eigenvalue weighted by Crippen LogP contribution is 2.39. The minimum atomic E-state index is -0.359. The SMILES string of the molecule is CC1(C)CC(c2ccccc2)CN1C(=O)c1cn[nH]c(=O)c1. The number of nitrogens with one attached hydrogen (secondary N) is 1. The molecule has 114 valence electrons. The summed E-state index contributed by atoms with van der Waals surface area (Å²) in [4.78, 5) is 25.9. The van der Waals surface area contributed by atoms with E-state index in [1.165, 1.54) is 17.8 Å². The first-order chi connectivity index (χ1) is 10.5. The van der Waals surface area contributed by atoms with E-state index in [2.05, 4.69) is 36.2 Å². The Kier molecular flexibility index (Phi) is 3.56. The number of hydrogen-bond acceptors (Lipinski definition) is 3. The molecule has 0 aliphatic carbocycles. The van der Waals surface area contributed by atoms with Gasteiger partial charge in [0.15, 0.2) is 0 Å². The summed E-state index contributed by atoms with van der Waals surface area (Å²) in [6, 6.07) is 11.5. The monoisotopic (exact) mass is 297 g/mol. The molecule has 0 spiro atoms. The van der Waals surface area contributed by atoms with Crippen LogP contribution >= 0.6 is 0 Å². The maximum absolute atomic E-state index is 12.7. The van der Waals surface area contributed by atoms with Gasteiger partial charge in [-0.05, 0) is 25.8 Å². The fourth-order valence-electron chi connectivity index (χ4n) is 3.20. The highest BCUT2D eigenvalue weighted by Gasteiger charge is 2.41. The van der Waals surface area contributed by atoms with Crippen molar-refractivity contribution in [3.8, 4) is 0 Å². The second kappa shape index (κ2) is 5.40. The average molecular weight is 297 g/mol. The van der Waals surface area contributed by atoms with Gasteiger partial charge in [-0.25, -0.2) is 5.10 Å². The van der Waals surface area contributed by atoms with E-state index in [1.54, 1.807) is 0 Å². The predicted molar refractivity (Wildman–Crippen MR) is 83.8 cm³/mol. The van der Waals surface area contributed by atoms with Crippen LogP contribution in [0.3, 0.4) is 0 Å². The summed E-state index contributed by atoms with van der Waals surface area (Å²) < 4.78 is 0. The molecule has 1 N–H and O–H groups in total. The fraction of sp³-hybridized carbons (Fsp3) is 0.353. The quantitative estimate of drug-likeness (QED) is 0.924. The molecular weight excluding hydrogens is 278 g/mol. The summed E-state index contributed by atoms with van der Waals surface area (Å²) in [5.74, 6) is 0.178. The van der Waals surface area contributed by atoms with E-state index in [0.29, 0.717) is 18.0 Å². The number of nitrogens with zero attached hydrogens (tertiary/aromatic N) is 2. The summed E-state index contributed by atoms with van der Waals surface area (Å²) in [7, 11) is 0. The molecule has 0 radical (unpaired) electrons. The van der Waals surface area contributed by atoms with Gasteiger partial charge in [-0.15, -0.1) is 0 Å². The van der Waals surface area contributed by atoms with Gasteiger partial charge in [0, 0.05) is 24.1 Å². The topological polar surface area (TPSA) is 66.1 Å². The number of H-pyrrole nitrogens is 1. The van der Waals surface area contributed by atoms with Crippen LogP contribution in [0.15, 0.2) is 47.4 Å². The van der Waals surface area contributed by atoms with E-state index in [-0.39, 0.29) is 17.0 Å². The molecule has 1 aliphatic rings. The van der Waals surface area contributed by atoms with Crippen LogP contribution in [0.1, 0.15) is 42.1 Å². The van der Waals surface area contributed by atoms with Crippen molar-refractivity contribution in [2.45, 2.75) is 31.7 Å². The molecule has 1 amide bonds. The van der Waals surface area contributed by atoms with Crippen LogP contribution in [-0.4, -0.2) is 33.1 Å². The maximum atomic E-state index is 12.7. The van der Waals surface area contributed by atoms with Gasteiger partial charge in [0.1, 0.15) is 0 Å². The summed E-state index contributed by atoms with van der Waals surface area (Å²) in [6.07, 6.45) is 2.31. The van der Waals surface area contributed by atoms with Crippen molar-refractivity contribution >= 4 is 5.91 Å². The van der Waals surface area contributed by atoms with Crippen molar-refractivity contribution < 1.29 is 4.79 Å². The van der Waals surface area contributed by atoms with Gasteiger partial charge in [-0.1, -0.05) is 30.3 Å². The highest BCUT2D eigenvalue weighted by atomic mass is 16.2. The molecule has 5 heteroatoms.